The highest BCUT2D eigenvalue weighted by molar-refractivity contribution is 5.02. The molecule has 0 fully saturated rings. The summed E-state index contributed by atoms with van der Waals surface area (Å²) in [6.07, 6.45) is 1.70. The van der Waals surface area contributed by atoms with Crippen LogP contribution in [0.3, 0.4) is 0 Å². The highest BCUT2D eigenvalue weighted by Gasteiger charge is 2.31. The number of rotatable bonds is 7. The van der Waals surface area contributed by atoms with Gasteiger partial charge in [0.05, 0.1) is 5.92 Å². The van der Waals surface area contributed by atoms with Crippen LogP contribution < -0.4 is 5.73 Å². The maximum Gasteiger partial charge on any atom is 0.231 e. The molecule has 98 valence electrons. The number of hydrogen-bond donors (Lipinski definition) is 1. The summed E-state index contributed by atoms with van der Waals surface area (Å²) in [7, 11) is 0. The summed E-state index contributed by atoms with van der Waals surface area (Å²) in [5.41, 5.74) is 5.20. The molecule has 2 unspecified atom stereocenters. The van der Waals surface area contributed by atoms with Gasteiger partial charge in [-0.15, -0.1) is 0 Å². The van der Waals surface area contributed by atoms with Crippen LogP contribution in [0.15, 0.2) is 4.52 Å². The van der Waals surface area contributed by atoms with Crippen molar-refractivity contribution in [3.05, 3.63) is 11.7 Å². The molecule has 1 rings (SSSR count). The molecule has 2 N–H and O–H groups in total. The smallest absolute Gasteiger partial charge is 0.231 e. The molecule has 0 saturated heterocycles. The van der Waals surface area contributed by atoms with Gasteiger partial charge in [0.15, 0.2) is 0 Å². The summed E-state index contributed by atoms with van der Waals surface area (Å²) < 4.78 is 11.0. The molecular weight excluding hydrogens is 218 g/mol. The van der Waals surface area contributed by atoms with Crippen LogP contribution in [0.25, 0.3) is 0 Å². The van der Waals surface area contributed by atoms with Crippen molar-refractivity contribution in [2.45, 2.75) is 52.1 Å². The average molecular weight is 241 g/mol. The van der Waals surface area contributed by atoms with Crippen LogP contribution in [0.1, 0.15) is 58.2 Å². The maximum atomic E-state index is 5.71. The van der Waals surface area contributed by atoms with Crippen LogP contribution in [-0.4, -0.2) is 23.3 Å². The quantitative estimate of drug-likeness (QED) is 0.792. The molecule has 0 aromatic carbocycles. The van der Waals surface area contributed by atoms with Crippen LogP contribution in [0, 0.1) is 0 Å². The van der Waals surface area contributed by atoms with E-state index in [1.807, 2.05) is 20.8 Å². The second-order valence-electron chi connectivity index (χ2n) is 4.31. The first-order chi connectivity index (χ1) is 8.11. The second kappa shape index (κ2) is 6.12. The number of hydrogen-bond acceptors (Lipinski definition) is 5. The first-order valence-corrected chi connectivity index (χ1v) is 6.29. The predicted molar refractivity (Wildman–Crippen MR) is 65.7 cm³/mol. The largest absolute Gasteiger partial charge is 0.367 e. The first-order valence-electron chi connectivity index (χ1n) is 6.29. The molecule has 1 heterocycles. The van der Waals surface area contributed by atoms with Gasteiger partial charge in [0.25, 0.3) is 0 Å². The molecular formula is C12H23N3O2. The highest BCUT2D eigenvalue weighted by Crippen LogP contribution is 2.28. The molecule has 0 aliphatic rings. The van der Waals surface area contributed by atoms with Crippen LogP contribution in [0.4, 0.5) is 0 Å². The molecule has 1 aromatic rings. The van der Waals surface area contributed by atoms with Crippen molar-refractivity contribution in [1.29, 1.82) is 0 Å². The van der Waals surface area contributed by atoms with E-state index >= 15 is 0 Å². The van der Waals surface area contributed by atoms with Crippen molar-refractivity contribution in [1.82, 2.24) is 10.1 Å². The Morgan fingerprint density at radius 1 is 1.41 bits per heavy atom. The first kappa shape index (κ1) is 14.1. The van der Waals surface area contributed by atoms with Crippen LogP contribution >= 0.6 is 0 Å². The Morgan fingerprint density at radius 2 is 2.12 bits per heavy atom. The Bertz CT molecular complexity index is 336. The predicted octanol–water partition coefficient (Wildman–Crippen LogP) is 2.18. The molecule has 0 spiro atoms. The third-order valence-electron chi connectivity index (χ3n) is 3.18. The zero-order valence-corrected chi connectivity index (χ0v) is 11.2. The minimum Gasteiger partial charge on any atom is -0.367 e. The monoisotopic (exact) mass is 241 g/mol. The lowest BCUT2D eigenvalue weighted by Gasteiger charge is -2.23. The van der Waals surface area contributed by atoms with Gasteiger partial charge in [-0.2, -0.15) is 4.98 Å². The van der Waals surface area contributed by atoms with Crippen molar-refractivity contribution in [3.8, 4) is 0 Å². The topological polar surface area (TPSA) is 74.2 Å². The second-order valence-corrected chi connectivity index (χ2v) is 4.31. The lowest BCUT2D eigenvalue weighted by molar-refractivity contribution is -0.0403. The van der Waals surface area contributed by atoms with Crippen LogP contribution in [0.5, 0.6) is 0 Å². The lowest BCUT2D eigenvalue weighted by Crippen LogP contribution is -2.26. The molecule has 0 bridgehead atoms. The third kappa shape index (κ3) is 3.04. The van der Waals surface area contributed by atoms with Crippen molar-refractivity contribution in [3.63, 3.8) is 0 Å². The maximum absolute atomic E-state index is 5.71. The number of ether oxygens (including phenoxy) is 1. The standard InChI is InChI=1S/C12H23N3O2/c1-5-9(8-13)10-14-11(15-17-10)12(4,6-2)16-7-3/h9H,5-8,13H2,1-4H3. The molecule has 0 saturated carbocycles. The van der Waals surface area contributed by atoms with Gasteiger partial charge in [0.2, 0.25) is 11.7 Å². The van der Waals surface area contributed by atoms with Gasteiger partial charge in [0.1, 0.15) is 5.60 Å². The molecule has 2 atom stereocenters. The molecule has 5 heteroatoms. The molecule has 1 aromatic heterocycles. The molecule has 0 amide bonds. The molecule has 17 heavy (non-hydrogen) atoms. The molecule has 0 aliphatic heterocycles. The fourth-order valence-electron chi connectivity index (χ4n) is 1.70. The van der Waals surface area contributed by atoms with Crippen molar-refractivity contribution >= 4 is 0 Å². The van der Waals surface area contributed by atoms with E-state index in [1.54, 1.807) is 0 Å². The number of aromatic nitrogens is 2. The van der Waals surface area contributed by atoms with E-state index in [-0.39, 0.29) is 5.92 Å². The zero-order valence-electron chi connectivity index (χ0n) is 11.2. The van der Waals surface area contributed by atoms with Gasteiger partial charge in [-0.25, -0.2) is 0 Å². The fraction of sp³-hybridized carbons (Fsp3) is 0.833. The van der Waals surface area contributed by atoms with E-state index in [0.29, 0.717) is 24.9 Å². The Labute approximate surface area is 103 Å². The van der Waals surface area contributed by atoms with E-state index in [2.05, 4.69) is 17.1 Å². The van der Waals surface area contributed by atoms with Gasteiger partial charge in [-0.3, -0.25) is 0 Å². The van der Waals surface area contributed by atoms with Crippen molar-refractivity contribution in [2.24, 2.45) is 5.73 Å². The Balaban J connectivity index is 2.92. The van der Waals surface area contributed by atoms with E-state index in [9.17, 15) is 0 Å². The Kier molecular flexibility index (Phi) is 5.08. The van der Waals surface area contributed by atoms with Gasteiger partial charge >= 0.3 is 0 Å². The summed E-state index contributed by atoms with van der Waals surface area (Å²) >= 11 is 0. The van der Waals surface area contributed by atoms with E-state index in [0.717, 1.165) is 12.8 Å². The fourth-order valence-corrected chi connectivity index (χ4v) is 1.70. The SMILES string of the molecule is CCOC(C)(CC)c1noc(C(CC)CN)n1. The molecule has 5 nitrogen and oxygen atoms in total. The molecule has 0 radical (unpaired) electrons. The summed E-state index contributed by atoms with van der Waals surface area (Å²) in [6, 6.07) is 0. The van der Waals surface area contributed by atoms with Crippen molar-refractivity contribution in [2.75, 3.05) is 13.2 Å². The van der Waals surface area contributed by atoms with Crippen LogP contribution in [0.2, 0.25) is 0 Å². The van der Waals surface area contributed by atoms with Crippen molar-refractivity contribution < 1.29 is 9.26 Å². The number of nitrogens with zero attached hydrogens (tertiary/aromatic N) is 2. The van der Waals surface area contributed by atoms with Gasteiger partial charge in [0, 0.05) is 13.2 Å². The van der Waals surface area contributed by atoms with Gasteiger partial charge in [-0.1, -0.05) is 19.0 Å². The third-order valence-corrected chi connectivity index (χ3v) is 3.18. The zero-order chi connectivity index (χ0) is 12.9. The highest BCUT2D eigenvalue weighted by atomic mass is 16.5. The number of nitrogens with two attached hydrogens (primary N) is 1. The van der Waals surface area contributed by atoms with E-state index in [1.165, 1.54) is 0 Å². The minimum absolute atomic E-state index is 0.138. The summed E-state index contributed by atoms with van der Waals surface area (Å²) in [4.78, 5) is 4.43. The molecule has 0 aliphatic carbocycles. The average Bonchev–Trinajstić information content (AvgIpc) is 2.81. The summed E-state index contributed by atoms with van der Waals surface area (Å²) in [5, 5.41) is 4.03. The minimum atomic E-state index is -0.469. The lowest BCUT2D eigenvalue weighted by atomic mass is 10.0. The van der Waals surface area contributed by atoms with E-state index < -0.39 is 5.60 Å². The summed E-state index contributed by atoms with van der Waals surface area (Å²) in [6.45, 7) is 9.20. The Morgan fingerprint density at radius 3 is 2.59 bits per heavy atom. The van der Waals surface area contributed by atoms with E-state index in [4.69, 9.17) is 15.0 Å². The summed E-state index contributed by atoms with van der Waals surface area (Å²) in [5.74, 6) is 1.37. The Hall–Kier alpha value is -0.940. The van der Waals surface area contributed by atoms with Gasteiger partial charge in [-0.05, 0) is 26.7 Å². The van der Waals surface area contributed by atoms with Gasteiger partial charge < -0.3 is 15.0 Å². The van der Waals surface area contributed by atoms with Crippen LogP contribution in [-0.2, 0) is 10.3 Å². The normalized spacial score (nSPS) is 16.8.